The van der Waals surface area contributed by atoms with Crippen LogP contribution >= 0.6 is 27.5 Å². The summed E-state index contributed by atoms with van der Waals surface area (Å²) in [5.41, 5.74) is 1.08. The van der Waals surface area contributed by atoms with Crippen LogP contribution < -0.4 is 14.8 Å². The van der Waals surface area contributed by atoms with Crippen molar-refractivity contribution in [2.45, 2.75) is 13.5 Å². The summed E-state index contributed by atoms with van der Waals surface area (Å²) in [4.78, 5) is 0. The Morgan fingerprint density at radius 1 is 1.50 bits per heavy atom. The molecule has 0 saturated heterocycles. The summed E-state index contributed by atoms with van der Waals surface area (Å²) in [6, 6.07) is 3.94. The molecule has 1 aromatic rings. The Hall–Kier alpha value is -0.710. The summed E-state index contributed by atoms with van der Waals surface area (Å²) >= 11 is 9.17. The zero-order chi connectivity index (χ0) is 13.5. The first-order valence-electron chi connectivity index (χ1n) is 5.61. The molecule has 0 atom stereocenters. The SMILES string of the molecule is C=C(Cl)CNCc1cc(Br)c(OCC)c(OC)c1. The van der Waals surface area contributed by atoms with Crippen molar-refractivity contribution in [2.75, 3.05) is 20.3 Å². The van der Waals surface area contributed by atoms with Gasteiger partial charge in [0.05, 0.1) is 18.2 Å². The number of ether oxygens (including phenoxy) is 2. The minimum atomic E-state index is 0.578. The number of halogens is 2. The van der Waals surface area contributed by atoms with Gasteiger partial charge in [0.25, 0.3) is 0 Å². The molecule has 5 heteroatoms. The lowest BCUT2D eigenvalue weighted by atomic mass is 10.2. The highest BCUT2D eigenvalue weighted by atomic mass is 79.9. The Bertz CT molecular complexity index is 424. The molecule has 0 fully saturated rings. The lowest BCUT2D eigenvalue weighted by Crippen LogP contribution is -2.14. The van der Waals surface area contributed by atoms with E-state index in [1.54, 1.807) is 7.11 Å². The van der Waals surface area contributed by atoms with Crippen LogP contribution in [-0.4, -0.2) is 20.3 Å². The zero-order valence-corrected chi connectivity index (χ0v) is 12.9. The molecule has 100 valence electrons. The first kappa shape index (κ1) is 15.3. The molecular weight excluding hydrogens is 318 g/mol. The molecular formula is C13H17BrClNO2. The third-order valence-electron chi connectivity index (χ3n) is 2.22. The predicted octanol–water partition coefficient (Wildman–Crippen LogP) is 3.70. The molecule has 0 aliphatic heterocycles. The third kappa shape index (κ3) is 4.52. The van der Waals surface area contributed by atoms with E-state index in [-0.39, 0.29) is 0 Å². The van der Waals surface area contributed by atoms with Crippen LogP contribution in [0.25, 0.3) is 0 Å². The van der Waals surface area contributed by atoms with Crippen LogP contribution in [0.2, 0.25) is 0 Å². The van der Waals surface area contributed by atoms with E-state index in [1.165, 1.54) is 0 Å². The van der Waals surface area contributed by atoms with Crippen molar-refractivity contribution >= 4 is 27.5 Å². The second kappa shape index (κ2) is 7.67. The first-order valence-corrected chi connectivity index (χ1v) is 6.78. The lowest BCUT2D eigenvalue weighted by molar-refractivity contribution is 0.308. The number of hydrogen-bond donors (Lipinski definition) is 1. The quantitative estimate of drug-likeness (QED) is 0.825. The maximum Gasteiger partial charge on any atom is 0.175 e. The van der Waals surface area contributed by atoms with Crippen LogP contribution in [0, 0.1) is 0 Å². The van der Waals surface area contributed by atoms with Gasteiger partial charge in [0.2, 0.25) is 0 Å². The number of nitrogens with one attached hydrogen (secondary N) is 1. The molecule has 1 N–H and O–H groups in total. The van der Waals surface area contributed by atoms with E-state index in [1.807, 2.05) is 19.1 Å². The largest absolute Gasteiger partial charge is 0.493 e. The van der Waals surface area contributed by atoms with E-state index in [4.69, 9.17) is 21.1 Å². The number of methoxy groups -OCH3 is 1. The molecule has 0 bridgehead atoms. The van der Waals surface area contributed by atoms with Gasteiger partial charge in [-0.25, -0.2) is 0 Å². The van der Waals surface area contributed by atoms with Gasteiger partial charge in [0, 0.05) is 18.1 Å². The fourth-order valence-corrected chi connectivity index (χ4v) is 2.20. The van der Waals surface area contributed by atoms with Gasteiger partial charge in [-0.3, -0.25) is 0 Å². The van der Waals surface area contributed by atoms with Crippen LogP contribution in [0.15, 0.2) is 28.2 Å². The maximum atomic E-state index is 5.69. The maximum absolute atomic E-state index is 5.69. The van der Waals surface area contributed by atoms with Crippen LogP contribution in [0.1, 0.15) is 12.5 Å². The molecule has 3 nitrogen and oxygen atoms in total. The smallest absolute Gasteiger partial charge is 0.175 e. The molecule has 0 unspecified atom stereocenters. The summed E-state index contributed by atoms with van der Waals surface area (Å²) in [6.07, 6.45) is 0. The monoisotopic (exact) mass is 333 g/mol. The van der Waals surface area contributed by atoms with Gasteiger partial charge in [0.15, 0.2) is 11.5 Å². The van der Waals surface area contributed by atoms with Crippen LogP contribution in [-0.2, 0) is 6.54 Å². The van der Waals surface area contributed by atoms with Gasteiger partial charge in [0.1, 0.15) is 0 Å². The fourth-order valence-electron chi connectivity index (χ4n) is 1.50. The minimum absolute atomic E-state index is 0.578. The standard InChI is InChI=1S/C13H17BrClNO2/c1-4-18-13-11(14)5-10(6-12(13)17-3)8-16-7-9(2)15/h5-6,16H,2,4,7-8H2,1,3H3. The van der Waals surface area contributed by atoms with Gasteiger partial charge >= 0.3 is 0 Å². The first-order chi connectivity index (χ1) is 8.58. The van der Waals surface area contributed by atoms with Crippen molar-refractivity contribution in [1.29, 1.82) is 0 Å². The van der Waals surface area contributed by atoms with Crippen molar-refractivity contribution in [2.24, 2.45) is 0 Å². The van der Waals surface area contributed by atoms with Crippen molar-refractivity contribution in [1.82, 2.24) is 5.32 Å². The molecule has 0 radical (unpaired) electrons. The molecule has 0 aromatic heterocycles. The Morgan fingerprint density at radius 2 is 2.22 bits per heavy atom. The fraction of sp³-hybridized carbons (Fsp3) is 0.385. The summed E-state index contributed by atoms with van der Waals surface area (Å²) in [5.74, 6) is 1.44. The predicted molar refractivity (Wildman–Crippen MR) is 78.6 cm³/mol. The zero-order valence-electron chi connectivity index (χ0n) is 10.6. The average molecular weight is 335 g/mol. The van der Waals surface area contributed by atoms with Crippen molar-refractivity contribution in [3.8, 4) is 11.5 Å². The van der Waals surface area contributed by atoms with E-state index in [0.29, 0.717) is 30.5 Å². The van der Waals surface area contributed by atoms with E-state index in [9.17, 15) is 0 Å². The molecule has 0 aliphatic carbocycles. The Kier molecular flexibility index (Phi) is 6.54. The van der Waals surface area contributed by atoms with Crippen LogP contribution in [0.3, 0.4) is 0 Å². The second-order valence-corrected chi connectivity index (χ2v) is 5.05. The molecule has 1 rings (SSSR count). The lowest BCUT2D eigenvalue weighted by Gasteiger charge is -2.13. The van der Waals surface area contributed by atoms with Gasteiger partial charge in [-0.1, -0.05) is 18.2 Å². The Labute approximate surface area is 121 Å². The number of benzene rings is 1. The molecule has 1 aromatic carbocycles. The average Bonchev–Trinajstić information content (AvgIpc) is 2.31. The molecule has 0 spiro atoms. The van der Waals surface area contributed by atoms with E-state index < -0.39 is 0 Å². The van der Waals surface area contributed by atoms with Crippen molar-refractivity contribution in [3.63, 3.8) is 0 Å². The second-order valence-electron chi connectivity index (χ2n) is 3.66. The molecule has 0 aliphatic rings. The van der Waals surface area contributed by atoms with Crippen LogP contribution in [0.4, 0.5) is 0 Å². The number of hydrogen-bond acceptors (Lipinski definition) is 3. The molecule has 0 amide bonds. The summed E-state index contributed by atoms with van der Waals surface area (Å²) < 4.78 is 11.7. The molecule has 0 saturated carbocycles. The summed E-state index contributed by atoms with van der Waals surface area (Å²) in [6.45, 7) is 7.42. The summed E-state index contributed by atoms with van der Waals surface area (Å²) in [5, 5.41) is 3.77. The van der Waals surface area contributed by atoms with Crippen molar-refractivity contribution < 1.29 is 9.47 Å². The van der Waals surface area contributed by atoms with Gasteiger partial charge in [-0.05, 0) is 40.5 Å². The highest BCUT2D eigenvalue weighted by molar-refractivity contribution is 9.10. The number of rotatable bonds is 7. The van der Waals surface area contributed by atoms with Crippen LogP contribution in [0.5, 0.6) is 11.5 Å². The summed E-state index contributed by atoms with van der Waals surface area (Å²) in [7, 11) is 1.63. The molecule has 0 heterocycles. The highest BCUT2D eigenvalue weighted by Gasteiger charge is 2.10. The van der Waals surface area contributed by atoms with E-state index in [2.05, 4.69) is 27.8 Å². The topological polar surface area (TPSA) is 30.5 Å². The minimum Gasteiger partial charge on any atom is -0.493 e. The van der Waals surface area contributed by atoms with Gasteiger partial charge in [-0.15, -0.1) is 0 Å². The normalized spacial score (nSPS) is 10.2. The Balaban J connectivity index is 2.82. The van der Waals surface area contributed by atoms with E-state index >= 15 is 0 Å². The van der Waals surface area contributed by atoms with Gasteiger partial charge < -0.3 is 14.8 Å². The highest BCUT2D eigenvalue weighted by Crippen LogP contribution is 2.36. The van der Waals surface area contributed by atoms with Gasteiger partial charge in [-0.2, -0.15) is 0 Å². The third-order valence-corrected chi connectivity index (χ3v) is 2.95. The van der Waals surface area contributed by atoms with E-state index in [0.717, 1.165) is 15.8 Å². The van der Waals surface area contributed by atoms with Crippen molar-refractivity contribution in [3.05, 3.63) is 33.8 Å². The Morgan fingerprint density at radius 3 is 2.78 bits per heavy atom. The molecule has 18 heavy (non-hydrogen) atoms.